The molecule has 0 aromatic heterocycles. The van der Waals surface area contributed by atoms with Crippen LogP contribution in [0.5, 0.6) is 5.75 Å². The van der Waals surface area contributed by atoms with E-state index in [0.717, 1.165) is 0 Å². The minimum Gasteiger partial charge on any atom is -0.496 e. The van der Waals surface area contributed by atoms with Gasteiger partial charge in [0.05, 0.1) is 13.2 Å². The summed E-state index contributed by atoms with van der Waals surface area (Å²) in [6, 6.07) is 4.87. The molecule has 1 aromatic carbocycles. The van der Waals surface area contributed by atoms with Crippen molar-refractivity contribution >= 4 is 11.4 Å². The molecule has 4 heteroatoms. The molecule has 4 nitrogen and oxygen atoms in total. The van der Waals surface area contributed by atoms with Crippen LogP contribution in [-0.4, -0.2) is 7.11 Å². The Bertz CT molecular complexity index is 303. The van der Waals surface area contributed by atoms with Crippen molar-refractivity contribution in [2.75, 3.05) is 12.8 Å². The molecule has 0 aliphatic rings. The number of anilines is 1. The quantitative estimate of drug-likeness (QED) is 0.490. The summed E-state index contributed by atoms with van der Waals surface area (Å²) < 4.78 is 4.88. The number of nitrogens with two attached hydrogens (primary N) is 1. The largest absolute Gasteiger partial charge is 0.496 e. The Morgan fingerprint density at radius 1 is 1.55 bits per heavy atom. The van der Waals surface area contributed by atoms with Gasteiger partial charge in [0, 0.05) is 0 Å². The lowest BCUT2D eigenvalue weighted by Crippen LogP contribution is -1.86. The Morgan fingerprint density at radius 3 is 2.82 bits per heavy atom. The predicted octanol–water partition coefficient (Wildman–Crippen LogP) is 1.76. The van der Waals surface area contributed by atoms with Gasteiger partial charge in [0.2, 0.25) is 5.39 Å². The molecule has 2 N–H and O–H groups in total. The molecule has 0 saturated carbocycles. The highest BCUT2D eigenvalue weighted by molar-refractivity contribution is 5.68. The van der Waals surface area contributed by atoms with Crippen LogP contribution in [0.2, 0.25) is 0 Å². The Labute approximate surface area is 64.2 Å². The summed E-state index contributed by atoms with van der Waals surface area (Å²) >= 11 is 0. The molecule has 0 heterocycles. The molecule has 0 atom stereocenters. The number of hydrogen-bond donors (Lipinski definition) is 1. The van der Waals surface area contributed by atoms with Crippen molar-refractivity contribution in [3.05, 3.63) is 23.2 Å². The highest BCUT2D eigenvalue weighted by Gasteiger charge is 2.10. The van der Waals surface area contributed by atoms with E-state index in [1.54, 1.807) is 18.2 Å². The summed E-state index contributed by atoms with van der Waals surface area (Å²) in [4.78, 5) is 2.97. The molecule has 0 radical (unpaired) electrons. The number of rotatable bonds is 1. The van der Waals surface area contributed by atoms with Crippen molar-refractivity contribution in [3.63, 3.8) is 0 Å². The van der Waals surface area contributed by atoms with E-state index in [2.05, 4.69) is 4.98 Å². The zero-order valence-electron chi connectivity index (χ0n) is 6.11. The predicted molar refractivity (Wildman–Crippen MR) is 42.2 cm³/mol. The van der Waals surface area contributed by atoms with Crippen molar-refractivity contribution < 1.29 is 4.74 Å². The van der Waals surface area contributed by atoms with E-state index in [0.29, 0.717) is 17.1 Å². The molecule has 0 aliphatic heterocycles. The molecule has 0 unspecified atom stereocenters. The van der Waals surface area contributed by atoms with Gasteiger partial charge in [-0.05, 0) is 12.1 Å². The Balaban J connectivity index is 3.15. The van der Waals surface area contributed by atoms with Gasteiger partial charge < -0.3 is 10.5 Å². The molecule has 1 rings (SSSR count). The molecule has 0 fully saturated rings. The Hall–Kier alpha value is -1.76. The highest BCUT2D eigenvalue weighted by Crippen LogP contribution is 2.26. The van der Waals surface area contributed by atoms with Crippen molar-refractivity contribution in [1.29, 1.82) is 5.39 Å². The highest BCUT2D eigenvalue weighted by atomic mass is 16.5. The third kappa shape index (κ3) is 1.38. The lowest BCUT2D eigenvalue weighted by atomic mass is 10.2. The van der Waals surface area contributed by atoms with Gasteiger partial charge in [-0.25, -0.2) is 0 Å². The van der Waals surface area contributed by atoms with Crippen LogP contribution in [0, 0.1) is 5.39 Å². The van der Waals surface area contributed by atoms with E-state index in [-0.39, 0.29) is 0 Å². The fourth-order valence-electron chi connectivity index (χ4n) is 0.737. The maximum atomic E-state index is 8.43. The minimum atomic E-state index is 0.323. The molecule has 0 saturated heterocycles. The second kappa shape index (κ2) is 2.88. The number of methoxy groups -OCH3 is 1. The van der Waals surface area contributed by atoms with E-state index in [9.17, 15) is 0 Å². The van der Waals surface area contributed by atoms with Crippen LogP contribution in [0.15, 0.2) is 18.2 Å². The van der Waals surface area contributed by atoms with E-state index >= 15 is 0 Å². The zero-order valence-corrected chi connectivity index (χ0v) is 6.11. The first-order valence-corrected chi connectivity index (χ1v) is 3.06. The second-order valence-corrected chi connectivity index (χ2v) is 2.02. The number of nitrogen functional groups attached to an aromatic ring is 1. The molecule has 0 spiro atoms. The van der Waals surface area contributed by atoms with Crippen LogP contribution < -0.4 is 10.5 Å². The molecular formula is C7H8N3O+. The number of nitrogens with zero attached hydrogens (tertiary/aromatic N) is 2. The SMILES string of the molecule is COc1ccc(N)c([N+]#N)c1. The molecule has 0 amide bonds. The van der Waals surface area contributed by atoms with Gasteiger partial charge in [-0.1, -0.05) is 0 Å². The first-order chi connectivity index (χ1) is 5.27. The van der Waals surface area contributed by atoms with Crippen LogP contribution in [0.4, 0.5) is 11.4 Å². The average Bonchev–Trinajstić information content (AvgIpc) is 2.05. The van der Waals surface area contributed by atoms with Crippen molar-refractivity contribution in [3.8, 4) is 5.75 Å². The van der Waals surface area contributed by atoms with E-state index in [1.165, 1.54) is 7.11 Å². The lowest BCUT2D eigenvalue weighted by molar-refractivity contribution is 0.415. The third-order valence-corrected chi connectivity index (χ3v) is 1.35. The fraction of sp³-hybridized carbons (Fsp3) is 0.143. The maximum Gasteiger partial charge on any atom is 0.411 e. The van der Waals surface area contributed by atoms with Crippen molar-refractivity contribution in [2.45, 2.75) is 0 Å². The number of hydrogen-bond acceptors (Lipinski definition) is 3. The van der Waals surface area contributed by atoms with Crippen LogP contribution in [0.1, 0.15) is 0 Å². The van der Waals surface area contributed by atoms with Crippen LogP contribution in [0.3, 0.4) is 0 Å². The fourth-order valence-corrected chi connectivity index (χ4v) is 0.737. The van der Waals surface area contributed by atoms with Crippen LogP contribution in [0.25, 0.3) is 4.98 Å². The van der Waals surface area contributed by atoms with Gasteiger partial charge in [0.1, 0.15) is 11.4 Å². The second-order valence-electron chi connectivity index (χ2n) is 2.02. The van der Waals surface area contributed by atoms with E-state index in [1.807, 2.05) is 0 Å². The molecule has 56 valence electrons. The Morgan fingerprint density at radius 2 is 2.27 bits per heavy atom. The first-order valence-electron chi connectivity index (χ1n) is 3.06. The smallest absolute Gasteiger partial charge is 0.411 e. The van der Waals surface area contributed by atoms with Gasteiger partial charge in [-0.3, -0.25) is 0 Å². The number of benzene rings is 1. The lowest BCUT2D eigenvalue weighted by Gasteiger charge is -1.95. The van der Waals surface area contributed by atoms with E-state index in [4.69, 9.17) is 15.9 Å². The molecule has 0 aliphatic carbocycles. The normalized spacial score (nSPS) is 8.73. The monoisotopic (exact) mass is 150 g/mol. The first kappa shape index (κ1) is 7.35. The summed E-state index contributed by atoms with van der Waals surface area (Å²) in [5.74, 6) is 0.618. The standard InChI is InChI=1S/C7H8N3O/c1-11-5-2-3-6(8)7(4-5)10-9/h2-4H,8H2,1H3/q+1. The average molecular weight is 150 g/mol. The summed E-state index contributed by atoms with van der Waals surface area (Å²) in [5, 5.41) is 8.43. The summed E-state index contributed by atoms with van der Waals surface area (Å²) in [7, 11) is 1.53. The molecular weight excluding hydrogens is 142 g/mol. The van der Waals surface area contributed by atoms with Gasteiger partial charge in [0.25, 0.3) is 0 Å². The summed E-state index contributed by atoms with van der Waals surface area (Å²) in [6.07, 6.45) is 0. The van der Waals surface area contributed by atoms with Gasteiger partial charge in [0.15, 0.2) is 4.98 Å². The Kier molecular flexibility index (Phi) is 1.93. The summed E-state index contributed by atoms with van der Waals surface area (Å²) in [6.45, 7) is 0. The van der Waals surface area contributed by atoms with Gasteiger partial charge in [-0.15, -0.1) is 0 Å². The van der Waals surface area contributed by atoms with E-state index < -0.39 is 0 Å². The molecule has 1 aromatic rings. The van der Waals surface area contributed by atoms with Crippen LogP contribution in [-0.2, 0) is 0 Å². The topological polar surface area (TPSA) is 63.4 Å². The van der Waals surface area contributed by atoms with Crippen molar-refractivity contribution in [2.24, 2.45) is 0 Å². The minimum absolute atomic E-state index is 0.323. The van der Waals surface area contributed by atoms with Gasteiger partial charge in [-0.2, -0.15) is 0 Å². The summed E-state index contributed by atoms with van der Waals surface area (Å²) in [5.41, 5.74) is 6.19. The third-order valence-electron chi connectivity index (χ3n) is 1.35. The number of ether oxygens (including phenoxy) is 1. The molecule has 11 heavy (non-hydrogen) atoms. The van der Waals surface area contributed by atoms with Crippen molar-refractivity contribution in [1.82, 2.24) is 0 Å². The van der Waals surface area contributed by atoms with Gasteiger partial charge >= 0.3 is 5.69 Å². The zero-order chi connectivity index (χ0) is 8.27. The maximum absolute atomic E-state index is 8.43. The number of diazo groups is 1. The molecule has 0 bridgehead atoms. The van der Waals surface area contributed by atoms with Crippen LogP contribution >= 0.6 is 0 Å².